The number of rotatable bonds is 6. The molecular weight excluding hydrogens is 485 g/mol. The standard InChI is InChI=1S/C21H25FN4O2.C7H9N3/c1-15(27)25-12-8-18(9-13-25)26-14-23-20(16-4-6-17(22)7-5-16)21(26)19(28)10-11-24(2)3;8-7(9)10-6-4-2-1-3-5-6/h4-7,10-11,14,18H,8-9,12-13H2,1-3H3;1-5H,(H4,8,9,10)/b11-10+;. The first-order valence-electron chi connectivity index (χ1n) is 12.3. The zero-order valence-corrected chi connectivity index (χ0v) is 21.9. The molecule has 10 heteroatoms. The number of ketones is 1. The van der Waals surface area contributed by atoms with E-state index in [1.54, 1.807) is 36.5 Å². The molecule has 1 aliphatic heterocycles. The number of benzene rings is 2. The molecule has 0 saturated carbocycles. The Balaban J connectivity index is 0.000000336. The Morgan fingerprint density at radius 3 is 2.24 bits per heavy atom. The molecule has 4 N–H and O–H groups in total. The molecule has 4 rings (SSSR count). The lowest BCUT2D eigenvalue weighted by molar-refractivity contribution is -0.130. The van der Waals surface area contributed by atoms with Crippen molar-refractivity contribution in [3.8, 4) is 11.3 Å². The Labute approximate surface area is 222 Å². The van der Waals surface area contributed by atoms with Gasteiger partial charge in [0.15, 0.2) is 5.96 Å². The molecule has 1 fully saturated rings. The number of amides is 1. The van der Waals surface area contributed by atoms with Crippen molar-refractivity contribution in [2.75, 3.05) is 27.2 Å². The molecule has 1 amide bonds. The SMILES string of the molecule is CC(=O)N1CCC(n2cnc(-c3ccc(F)cc3)c2C(=O)/C=C/N(C)C)CC1.NC(N)=Nc1ccccc1. The maximum Gasteiger partial charge on any atom is 0.219 e. The van der Waals surface area contributed by atoms with Crippen molar-refractivity contribution in [1.29, 1.82) is 0 Å². The number of guanidine groups is 1. The Hall–Kier alpha value is -4.47. The predicted octanol–water partition coefficient (Wildman–Crippen LogP) is 3.72. The second kappa shape index (κ2) is 13.2. The van der Waals surface area contributed by atoms with Gasteiger partial charge in [-0.1, -0.05) is 18.2 Å². The van der Waals surface area contributed by atoms with Crippen LogP contribution >= 0.6 is 0 Å². The largest absolute Gasteiger partial charge is 0.383 e. The summed E-state index contributed by atoms with van der Waals surface area (Å²) in [7, 11) is 3.69. The van der Waals surface area contributed by atoms with Crippen molar-refractivity contribution in [1.82, 2.24) is 19.4 Å². The van der Waals surface area contributed by atoms with Crippen molar-refractivity contribution in [3.05, 3.63) is 84.7 Å². The number of allylic oxidation sites excluding steroid dienone is 1. The zero-order valence-electron chi connectivity index (χ0n) is 21.9. The number of halogens is 1. The van der Waals surface area contributed by atoms with Gasteiger partial charge in [0, 0.05) is 58.0 Å². The minimum absolute atomic E-state index is 0.0706. The molecule has 1 saturated heterocycles. The second-order valence-electron chi connectivity index (χ2n) is 9.11. The molecule has 2 aromatic carbocycles. The average Bonchev–Trinajstić information content (AvgIpc) is 3.33. The highest BCUT2D eigenvalue weighted by atomic mass is 19.1. The summed E-state index contributed by atoms with van der Waals surface area (Å²) < 4.78 is 15.2. The lowest BCUT2D eigenvalue weighted by Gasteiger charge is -2.32. The van der Waals surface area contributed by atoms with Crippen LogP contribution in [0.1, 0.15) is 36.3 Å². The lowest BCUT2D eigenvalue weighted by Crippen LogP contribution is -2.38. The quantitative estimate of drug-likeness (QED) is 0.221. The van der Waals surface area contributed by atoms with Crippen LogP contribution in [0, 0.1) is 5.82 Å². The minimum atomic E-state index is -0.333. The van der Waals surface area contributed by atoms with Crippen molar-refractivity contribution in [3.63, 3.8) is 0 Å². The number of hydrogen-bond donors (Lipinski definition) is 2. The van der Waals surface area contributed by atoms with Crippen LogP contribution in [0.15, 0.2) is 78.2 Å². The number of carbonyl (C=O) groups excluding carboxylic acids is 2. The van der Waals surface area contributed by atoms with Gasteiger partial charge in [0.2, 0.25) is 11.7 Å². The van der Waals surface area contributed by atoms with Crippen molar-refractivity contribution in [2.45, 2.75) is 25.8 Å². The average molecular weight is 520 g/mol. The van der Waals surface area contributed by atoms with Crippen molar-refractivity contribution >= 4 is 23.3 Å². The fourth-order valence-corrected chi connectivity index (χ4v) is 4.11. The van der Waals surface area contributed by atoms with Crippen LogP contribution in [0.3, 0.4) is 0 Å². The van der Waals surface area contributed by atoms with Gasteiger partial charge >= 0.3 is 0 Å². The number of likely N-dealkylation sites (tertiary alicyclic amines) is 1. The number of nitrogens with two attached hydrogens (primary N) is 2. The van der Waals surface area contributed by atoms with Crippen LogP contribution in [0.25, 0.3) is 11.3 Å². The number of imidazole rings is 1. The van der Waals surface area contributed by atoms with Crippen LogP contribution in [-0.4, -0.2) is 64.2 Å². The first kappa shape index (κ1) is 28.1. The normalized spacial score (nSPS) is 13.5. The van der Waals surface area contributed by atoms with E-state index in [2.05, 4.69) is 9.98 Å². The summed E-state index contributed by atoms with van der Waals surface area (Å²) in [5, 5.41) is 0. The third kappa shape index (κ3) is 7.76. The van der Waals surface area contributed by atoms with Crippen LogP contribution in [0.2, 0.25) is 0 Å². The van der Waals surface area contributed by atoms with E-state index in [0.717, 1.165) is 18.5 Å². The number of nitrogens with zero attached hydrogens (tertiary/aromatic N) is 5. The maximum atomic E-state index is 13.3. The van der Waals surface area contributed by atoms with Crippen molar-refractivity contribution in [2.24, 2.45) is 16.5 Å². The van der Waals surface area contributed by atoms with E-state index >= 15 is 0 Å². The molecule has 2 heterocycles. The highest BCUT2D eigenvalue weighted by Crippen LogP contribution is 2.30. The number of para-hydroxylation sites is 1. The van der Waals surface area contributed by atoms with Gasteiger partial charge in [-0.25, -0.2) is 14.4 Å². The van der Waals surface area contributed by atoms with Gasteiger partial charge in [-0.2, -0.15) is 0 Å². The van der Waals surface area contributed by atoms with Crippen LogP contribution in [0.4, 0.5) is 10.1 Å². The van der Waals surface area contributed by atoms with Crippen molar-refractivity contribution < 1.29 is 14.0 Å². The maximum absolute atomic E-state index is 13.3. The number of hydrogen-bond acceptors (Lipinski definition) is 5. The van der Waals surface area contributed by atoms with Gasteiger partial charge in [0.1, 0.15) is 11.5 Å². The molecule has 3 aromatic rings. The van der Waals surface area contributed by atoms with Gasteiger partial charge in [0.05, 0.1) is 17.7 Å². The third-order valence-electron chi connectivity index (χ3n) is 5.99. The Bertz CT molecular complexity index is 1270. The van der Waals surface area contributed by atoms with E-state index in [1.807, 2.05) is 53.9 Å². The molecule has 0 unspecified atom stereocenters. The Kier molecular flexibility index (Phi) is 9.75. The van der Waals surface area contributed by atoms with E-state index < -0.39 is 0 Å². The molecular formula is C28H34FN7O2. The molecule has 0 atom stereocenters. The van der Waals surface area contributed by atoms with Gasteiger partial charge in [-0.15, -0.1) is 0 Å². The van der Waals surface area contributed by atoms with E-state index in [0.29, 0.717) is 30.0 Å². The molecule has 0 spiro atoms. The first-order valence-corrected chi connectivity index (χ1v) is 12.3. The fourth-order valence-electron chi connectivity index (χ4n) is 4.11. The Morgan fingerprint density at radius 2 is 1.68 bits per heavy atom. The number of carbonyl (C=O) groups is 2. The molecule has 0 radical (unpaired) electrons. The summed E-state index contributed by atoms with van der Waals surface area (Å²) in [6, 6.07) is 15.4. The molecule has 200 valence electrons. The summed E-state index contributed by atoms with van der Waals surface area (Å²) in [4.78, 5) is 36.5. The van der Waals surface area contributed by atoms with Crippen LogP contribution in [-0.2, 0) is 4.79 Å². The summed E-state index contributed by atoms with van der Waals surface area (Å²) >= 11 is 0. The molecule has 38 heavy (non-hydrogen) atoms. The number of aliphatic imine (C=N–C) groups is 1. The molecule has 0 aliphatic carbocycles. The second-order valence-corrected chi connectivity index (χ2v) is 9.11. The number of piperidine rings is 1. The highest BCUT2D eigenvalue weighted by Gasteiger charge is 2.27. The van der Waals surface area contributed by atoms with Crippen LogP contribution < -0.4 is 11.5 Å². The van der Waals surface area contributed by atoms with E-state index in [-0.39, 0.29) is 29.5 Å². The fraction of sp³-hybridized carbons (Fsp3) is 0.286. The summed E-state index contributed by atoms with van der Waals surface area (Å²) in [5.74, 6) is -0.327. The summed E-state index contributed by atoms with van der Waals surface area (Å²) in [5.41, 5.74) is 12.8. The molecule has 1 aromatic heterocycles. The highest BCUT2D eigenvalue weighted by molar-refractivity contribution is 6.07. The zero-order chi connectivity index (χ0) is 27.7. The monoisotopic (exact) mass is 519 g/mol. The topological polar surface area (TPSA) is 123 Å². The van der Waals surface area contributed by atoms with Gasteiger partial charge in [-0.05, 0) is 49.2 Å². The smallest absolute Gasteiger partial charge is 0.219 e. The minimum Gasteiger partial charge on any atom is -0.383 e. The van der Waals surface area contributed by atoms with E-state index in [4.69, 9.17) is 11.5 Å². The third-order valence-corrected chi connectivity index (χ3v) is 5.99. The Morgan fingerprint density at radius 1 is 1.05 bits per heavy atom. The summed E-state index contributed by atoms with van der Waals surface area (Å²) in [6.45, 7) is 2.89. The van der Waals surface area contributed by atoms with Gasteiger partial charge < -0.3 is 25.8 Å². The molecule has 1 aliphatic rings. The summed E-state index contributed by atoms with van der Waals surface area (Å²) in [6.07, 6.45) is 6.42. The van der Waals surface area contributed by atoms with E-state index in [9.17, 15) is 14.0 Å². The molecule has 9 nitrogen and oxygen atoms in total. The van der Waals surface area contributed by atoms with Gasteiger partial charge in [0.25, 0.3) is 0 Å². The lowest BCUT2D eigenvalue weighted by atomic mass is 10.0. The predicted molar refractivity (Wildman–Crippen MR) is 147 cm³/mol. The molecule has 0 bridgehead atoms. The van der Waals surface area contributed by atoms with Gasteiger partial charge in [-0.3, -0.25) is 9.59 Å². The van der Waals surface area contributed by atoms with E-state index in [1.165, 1.54) is 18.2 Å². The first-order chi connectivity index (χ1) is 18.2. The number of aromatic nitrogens is 2. The van der Waals surface area contributed by atoms with Crippen LogP contribution in [0.5, 0.6) is 0 Å².